The van der Waals surface area contributed by atoms with Crippen molar-refractivity contribution < 1.29 is 14.3 Å². The van der Waals surface area contributed by atoms with Crippen LogP contribution < -0.4 is 10.1 Å². The van der Waals surface area contributed by atoms with Crippen molar-refractivity contribution >= 4 is 33.3 Å². The van der Waals surface area contributed by atoms with Crippen LogP contribution in [0, 0.1) is 0 Å². The number of fused-ring (bicyclic) bond motifs is 1. The molecule has 2 rings (SSSR count). The lowest BCUT2D eigenvalue weighted by Gasteiger charge is -2.19. The molecular formula is C11H10BrNO3. The van der Waals surface area contributed by atoms with Gasteiger partial charge in [0.2, 0.25) is 0 Å². The lowest BCUT2D eigenvalue weighted by molar-refractivity contribution is -0.118. The summed E-state index contributed by atoms with van der Waals surface area (Å²) in [6.45, 7) is 1.80. The van der Waals surface area contributed by atoms with E-state index in [1.165, 1.54) is 0 Å². The number of hydrogen-bond donors (Lipinski definition) is 1. The van der Waals surface area contributed by atoms with Gasteiger partial charge in [-0.2, -0.15) is 0 Å². The van der Waals surface area contributed by atoms with E-state index in [0.717, 1.165) is 0 Å². The van der Waals surface area contributed by atoms with Gasteiger partial charge in [-0.25, -0.2) is 0 Å². The fourth-order valence-electron chi connectivity index (χ4n) is 1.50. The number of carbonyl (C=O) groups excluding carboxylic acids is 2. The number of Topliss-reactive ketones (excluding diaryl/α,β-unsaturated/α-hetero) is 1. The Morgan fingerprint density at radius 2 is 2.31 bits per heavy atom. The third-order valence-electron chi connectivity index (χ3n) is 2.32. The third kappa shape index (κ3) is 1.95. The monoisotopic (exact) mass is 283 g/mol. The van der Waals surface area contributed by atoms with Crippen LogP contribution in [0.15, 0.2) is 16.6 Å². The van der Waals surface area contributed by atoms with Crippen LogP contribution >= 0.6 is 15.9 Å². The number of carbonyl (C=O) groups is 2. The molecule has 0 aromatic heterocycles. The van der Waals surface area contributed by atoms with E-state index in [1.807, 2.05) is 0 Å². The Morgan fingerprint density at radius 1 is 1.56 bits per heavy atom. The number of hydrogen-bond acceptors (Lipinski definition) is 3. The molecule has 0 fully saturated rings. The first-order valence-electron chi connectivity index (χ1n) is 4.91. The Morgan fingerprint density at radius 3 is 3.00 bits per heavy atom. The molecule has 0 radical (unpaired) electrons. The lowest BCUT2D eigenvalue weighted by Crippen LogP contribution is -2.25. The number of anilines is 1. The fourth-order valence-corrected chi connectivity index (χ4v) is 2.07. The summed E-state index contributed by atoms with van der Waals surface area (Å²) in [5.74, 6) is 0.392. The van der Waals surface area contributed by atoms with Crippen molar-refractivity contribution in [1.82, 2.24) is 0 Å². The Labute approximate surface area is 101 Å². The van der Waals surface area contributed by atoms with Crippen LogP contribution in [0.1, 0.15) is 23.7 Å². The smallest absolute Gasteiger partial charge is 0.262 e. The van der Waals surface area contributed by atoms with Crippen molar-refractivity contribution in [2.24, 2.45) is 0 Å². The lowest BCUT2D eigenvalue weighted by atomic mass is 10.1. The normalized spacial score (nSPS) is 13.8. The van der Waals surface area contributed by atoms with Crippen molar-refractivity contribution in [3.63, 3.8) is 0 Å². The highest BCUT2D eigenvalue weighted by atomic mass is 79.9. The maximum Gasteiger partial charge on any atom is 0.262 e. The summed E-state index contributed by atoms with van der Waals surface area (Å²) >= 11 is 3.31. The van der Waals surface area contributed by atoms with Crippen molar-refractivity contribution in [3.8, 4) is 5.75 Å². The largest absolute Gasteiger partial charge is 0.482 e. The average molecular weight is 284 g/mol. The molecule has 1 aliphatic heterocycles. The van der Waals surface area contributed by atoms with Gasteiger partial charge < -0.3 is 10.1 Å². The molecular weight excluding hydrogens is 274 g/mol. The van der Waals surface area contributed by atoms with Gasteiger partial charge in [0, 0.05) is 16.5 Å². The minimum atomic E-state index is -0.186. The molecule has 84 valence electrons. The summed E-state index contributed by atoms with van der Waals surface area (Å²) in [5, 5.41) is 2.68. The first-order chi connectivity index (χ1) is 7.61. The average Bonchev–Trinajstić information content (AvgIpc) is 2.27. The van der Waals surface area contributed by atoms with Gasteiger partial charge in [0.25, 0.3) is 5.91 Å². The van der Waals surface area contributed by atoms with E-state index >= 15 is 0 Å². The van der Waals surface area contributed by atoms with E-state index in [-0.39, 0.29) is 18.3 Å². The molecule has 16 heavy (non-hydrogen) atoms. The zero-order valence-electron chi connectivity index (χ0n) is 8.67. The Bertz CT molecular complexity index is 471. The van der Waals surface area contributed by atoms with E-state index in [9.17, 15) is 9.59 Å². The molecule has 1 aromatic carbocycles. The van der Waals surface area contributed by atoms with Crippen LogP contribution in [0.3, 0.4) is 0 Å². The van der Waals surface area contributed by atoms with E-state index in [2.05, 4.69) is 21.2 Å². The van der Waals surface area contributed by atoms with Gasteiger partial charge in [-0.1, -0.05) is 6.92 Å². The first kappa shape index (κ1) is 11.1. The third-order valence-corrected chi connectivity index (χ3v) is 2.98. The highest BCUT2D eigenvalue weighted by Crippen LogP contribution is 2.34. The summed E-state index contributed by atoms with van der Waals surface area (Å²) in [6, 6.07) is 3.35. The molecule has 0 unspecified atom stereocenters. The van der Waals surface area contributed by atoms with Gasteiger partial charge in [0.15, 0.2) is 12.4 Å². The van der Waals surface area contributed by atoms with E-state index < -0.39 is 0 Å². The number of nitrogens with one attached hydrogen (secondary N) is 1. The standard InChI is InChI=1S/C11H10BrNO3/c1-2-9(14)6-3-10-8(4-7(6)12)13-11(15)5-16-10/h3-4H,2,5H2,1H3,(H,13,15). The second kappa shape index (κ2) is 4.25. The van der Waals surface area contributed by atoms with E-state index in [4.69, 9.17) is 4.74 Å². The van der Waals surface area contributed by atoms with Crippen molar-refractivity contribution in [3.05, 3.63) is 22.2 Å². The summed E-state index contributed by atoms with van der Waals surface area (Å²) in [7, 11) is 0. The predicted molar refractivity (Wildman–Crippen MR) is 62.9 cm³/mol. The molecule has 0 bridgehead atoms. The summed E-state index contributed by atoms with van der Waals surface area (Å²) in [6.07, 6.45) is 0.434. The van der Waals surface area contributed by atoms with Gasteiger partial charge in [-0.05, 0) is 28.1 Å². The van der Waals surface area contributed by atoms with Crippen molar-refractivity contribution in [2.75, 3.05) is 11.9 Å². The zero-order chi connectivity index (χ0) is 11.7. The topological polar surface area (TPSA) is 55.4 Å². The Hall–Kier alpha value is -1.36. The minimum Gasteiger partial charge on any atom is -0.482 e. The van der Waals surface area contributed by atoms with E-state index in [1.54, 1.807) is 19.1 Å². The maximum absolute atomic E-state index is 11.6. The minimum absolute atomic E-state index is 0.00557. The molecule has 1 aliphatic rings. The molecule has 5 heteroatoms. The molecule has 1 N–H and O–H groups in total. The highest BCUT2D eigenvalue weighted by molar-refractivity contribution is 9.10. The number of amides is 1. The highest BCUT2D eigenvalue weighted by Gasteiger charge is 2.19. The SMILES string of the molecule is CCC(=O)c1cc2c(cc1Br)NC(=O)CO2. The summed E-state index contributed by atoms with van der Waals surface area (Å²) in [5.41, 5.74) is 1.17. The van der Waals surface area contributed by atoms with Crippen molar-refractivity contribution in [1.29, 1.82) is 0 Å². The predicted octanol–water partition coefficient (Wildman–Crippen LogP) is 2.37. The molecule has 1 heterocycles. The van der Waals surface area contributed by atoms with Crippen LogP contribution in [0.5, 0.6) is 5.75 Å². The van der Waals surface area contributed by atoms with E-state index in [0.29, 0.717) is 27.9 Å². The molecule has 1 aromatic rings. The molecule has 0 atom stereocenters. The quantitative estimate of drug-likeness (QED) is 0.848. The number of rotatable bonds is 2. The summed E-state index contributed by atoms with van der Waals surface area (Å²) < 4.78 is 5.91. The van der Waals surface area contributed by atoms with Gasteiger partial charge in [-0.3, -0.25) is 9.59 Å². The van der Waals surface area contributed by atoms with Crippen molar-refractivity contribution in [2.45, 2.75) is 13.3 Å². The molecule has 0 spiro atoms. The number of ketones is 1. The number of ether oxygens (including phenoxy) is 1. The van der Waals surface area contributed by atoms with Crippen LogP contribution in [-0.2, 0) is 4.79 Å². The fraction of sp³-hybridized carbons (Fsp3) is 0.273. The van der Waals surface area contributed by atoms with Gasteiger partial charge in [0.1, 0.15) is 5.75 Å². The second-order valence-corrected chi connectivity index (χ2v) is 4.30. The van der Waals surface area contributed by atoms with Gasteiger partial charge in [0.05, 0.1) is 5.69 Å². The number of benzene rings is 1. The Balaban J connectivity index is 2.45. The molecule has 4 nitrogen and oxygen atoms in total. The molecule has 1 amide bonds. The zero-order valence-corrected chi connectivity index (χ0v) is 10.3. The Kier molecular flexibility index (Phi) is 2.96. The van der Waals surface area contributed by atoms with Crippen LogP contribution in [0.2, 0.25) is 0 Å². The molecule has 0 aliphatic carbocycles. The first-order valence-corrected chi connectivity index (χ1v) is 5.70. The van der Waals surface area contributed by atoms with Crippen LogP contribution in [-0.4, -0.2) is 18.3 Å². The second-order valence-electron chi connectivity index (χ2n) is 3.44. The molecule has 0 saturated carbocycles. The van der Waals surface area contributed by atoms with Gasteiger partial charge in [-0.15, -0.1) is 0 Å². The maximum atomic E-state index is 11.6. The summed E-state index contributed by atoms with van der Waals surface area (Å²) in [4.78, 5) is 22.7. The van der Waals surface area contributed by atoms with Gasteiger partial charge >= 0.3 is 0 Å². The molecule has 0 saturated heterocycles. The van der Waals surface area contributed by atoms with Crippen LogP contribution in [0.4, 0.5) is 5.69 Å². The van der Waals surface area contributed by atoms with Crippen LogP contribution in [0.25, 0.3) is 0 Å². The number of halogens is 1.